The molecule has 1 fully saturated rings. The Bertz CT molecular complexity index is 105. The van der Waals surface area contributed by atoms with E-state index in [1.54, 1.807) is 0 Å². The summed E-state index contributed by atoms with van der Waals surface area (Å²) in [7, 11) is 2.13. The van der Waals surface area contributed by atoms with Gasteiger partial charge in [0.05, 0.1) is 0 Å². The predicted octanol–water partition coefficient (Wildman–Crippen LogP) is -0.776. The molecule has 1 aliphatic heterocycles. The van der Waals surface area contributed by atoms with Crippen molar-refractivity contribution in [1.82, 2.24) is 4.90 Å². The molecule has 10 heavy (non-hydrogen) atoms. The van der Waals surface area contributed by atoms with Crippen molar-refractivity contribution in [2.75, 3.05) is 26.7 Å². The first-order valence-corrected chi connectivity index (χ1v) is 3.88. The van der Waals surface area contributed by atoms with Crippen molar-refractivity contribution in [3.05, 3.63) is 0 Å². The molecule has 0 saturated carbocycles. The first kappa shape index (κ1) is 7.98. The molecule has 4 N–H and O–H groups in total. The SMILES string of the molecule is CN1CCC(C(N)CN)C1. The number of hydrogen-bond donors (Lipinski definition) is 2. The van der Waals surface area contributed by atoms with E-state index in [-0.39, 0.29) is 6.04 Å². The van der Waals surface area contributed by atoms with E-state index in [0.717, 1.165) is 6.54 Å². The fraction of sp³-hybridized carbons (Fsp3) is 1.00. The Morgan fingerprint density at radius 2 is 2.40 bits per heavy atom. The highest BCUT2D eigenvalue weighted by molar-refractivity contribution is 4.81. The van der Waals surface area contributed by atoms with E-state index < -0.39 is 0 Å². The molecular weight excluding hydrogens is 126 g/mol. The van der Waals surface area contributed by atoms with E-state index in [2.05, 4.69) is 11.9 Å². The van der Waals surface area contributed by atoms with Crippen LogP contribution in [0.5, 0.6) is 0 Å². The predicted molar refractivity (Wildman–Crippen MR) is 42.6 cm³/mol. The Morgan fingerprint density at radius 3 is 2.80 bits per heavy atom. The average molecular weight is 143 g/mol. The molecule has 0 aromatic rings. The lowest BCUT2D eigenvalue weighted by Crippen LogP contribution is -2.38. The van der Waals surface area contributed by atoms with Crippen molar-refractivity contribution in [1.29, 1.82) is 0 Å². The van der Waals surface area contributed by atoms with Gasteiger partial charge < -0.3 is 16.4 Å². The minimum Gasteiger partial charge on any atom is -0.329 e. The van der Waals surface area contributed by atoms with Gasteiger partial charge in [-0.2, -0.15) is 0 Å². The molecule has 0 spiro atoms. The van der Waals surface area contributed by atoms with Crippen LogP contribution < -0.4 is 11.5 Å². The molecular formula is C7H17N3. The maximum atomic E-state index is 5.79. The molecule has 0 amide bonds. The normalized spacial score (nSPS) is 30.9. The maximum absolute atomic E-state index is 5.79. The monoisotopic (exact) mass is 143 g/mol. The van der Waals surface area contributed by atoms with Crippen LogP contribution in [0.4, 0.5) is 0 Å². The van der Waals surface area contributed by atoms with Crippen LogP contribution in [0.15, 0.2) is 0 Å². The van der Waals surface area contributed by atoms with Gasteiger partial charge in [-0.05, 0) is 25.9 Å². The Hall–Kier alpha value is -0.120. The third kappa shape index (κ3) is 1.68. The van der Waals surface area contributed by atoms with E-state index in [9.17, 15) is 0 Å². The zero-order valence-corrected chi connectivity index (χ0v) is 6.59. The molecule has 3 heteroatoms. The zero-order valence-electron chi connectivity index (χ0n) is 6.59. The highest BCUT2D eigenvalue weighted by Crippen LogP contribution is 2.15. The molecule has 3 nitrogen and oxygen atoms in total. The van der Waals surface area contributed by atoms with E-state index in [4.69, 9.17) is 11.5 Å². The number of nitrogens with two attached hydrogens (primary N) is 2. The number of rotatable bonds is 2. The second-order valence-corrected chi connectivity index (χ2v) is 3.21. The van der Waals surface area contributed by atoms with Gasteiger partial charge in [-0.15, -0.1) is 0 Å². The van der Waals surface area contributed by atoms with Crippen molar-refractivity contribution < 1.29 is 0 Å². The van der Waals surface area contributed by atoms with Crippen LogP contribution >= 0.6 is 0 Å². The van der Waals surface area contributed by atoms with Crippen molar-refractivity contribution >= 4 is 0 Å². The third-order valence-electron chi connectivity index (χ3n) is 2.31. The molecule has 2 atom stereocenters. The molecule has 60 valence electrons. The topological polar surface area (TPSA) is 55.3 Å². The van der Waals surface area contributed by atoms with Crippen LogP contribution in [0.1, 0.15) is 6.42 Å². The van der Waals surface area contributed by atoms with Gasteiger partial charge in [0.15, 0.2) is 0 Å². The lowest BCUT2D eigenvalue weighted by molar-refractivity contribution is 0.371. The summed E-state index contributed by atoms with van der Waals surface area (Å²) in [5, 5.41) is 0. The highest BCUT2D eigenvalue weighted by Gasteiger charge is 2.23. The largest absolute Gasteiger partial charge is 0.329 e. The van der Waals surface area contributed by atoms with Gasteiger partial charge in [0.1, 0.15) is 0 Å². The lowest BCUT2D eigenvalue weighted by atomic mass is 10.0. The lowest BCUT2D eigenvalue weighted by Gasteiger charge is -2.16. The minimum atomic E-state index is 0.213. The summed E-state index contributed by atoms with van der Waals surface area (Å²) < 4.78 is 0. The van der Waals surface area contributed by atoms with Gasteiger partial charge in [0.2, 0.25) is 0 Å². The van der Waals surface area contributed by atoms with Gasteiger partial charge in [-0.1, -0.05) is 0 Å². The van der Waals surface area contributed by atoms with Crippen LogP contribution in [0.3, 0.4) is 0 Å². The Balaban J connectivity index is 2.29. The number of hydrogen-bond acceptors (Lipinski definition) is 3. The van der Waals surface area contributed by atoms with Crippen LogP contribution in [0.2, 0.25) is 0 Å². The summed E-state index contributed by atoms with van der Waals surface area (Å²) in [5.74, 6) is 0.634. The fourth-order valence-electron chi connectivity index (χ4n) is 1.51. The standard InChI is InChI=1S/C7H17N3/c1-10-3-2-6(5-10)7(9)4-8/h6-7H,2-5,8-9H2,1H3. The quantitative estimate of drug-likeness (QED) is 0.533. The van der Waals surface area contributed by atoms with Gasteiger partial charge in [0, 0.05) is 19.1 Å². The van der Waals surface area contributed by atoms with Crippen LogP contribution in [-0.4, -0.2) is 37.6 Å². The van der Waals surface area contributed by atoms with E-state index >= 15 is 0 Å². The highest BCUT2D eigenvalue weighted by atomic mass is 15.1. The molecule has 1 saturated heterocycles. The zero-order chi connectivity index (χ0) is 7.56. The fourth-order valence-corrected chi connectivity index (χ4v) is 1.51. The number of nitrogens with zero attached hydrogens (tertiary/aromatic N) is 1. The summed E-state index contributed by atoms with van der Waals surface area (Å²) in [4.78, 5) is 2.31. The van der Waals surface area contributed by atoms with Gasteiger partial charge >= 0.3 is 0 Å². The van der Waals surface area contributed by atoms with Crippen LogP contribution in [0.25, 0.3) is 0 Å². The second kappa shape index (κ2) is 3.32. The van der Waals surface area contributed by atoms with E-state index in [1.807, 2.05) is 0 Å². The molecule has 0 aromatic heterocycles. The molecule has 1 rings (SSSR count). The van der Waals surface area contributed by atoms with Crippen molar-refractivity contribution in [3.63, 3.8) is 0 Å². The molecule has 0 bridgehead atoms. The molecule has 1 aliphatic rings. The molecule has 1 heterocycles. The Morgan fingerprint density at radius 1 is 1.70 bits per heavy atom. The van der Waals surface area contributed by atoms with Gasteiger partial charge in [-0.3, -0.25) is 0 Å². The number of likely N-dealkylation sites (tertiary alicyclic amines) is 1. The minimum absolute atomic E-state index is 0.213. The summed E-state index contributed by atoms with van der Waals surface area (Å²) in [6, 6.07) is 0.213. The molecule has 0 radical (unpaired) electrons. The first-order valence-electron chi connectivity index (χ1n) is 3.88. The Kier molecular flexibility index (Phi) is 2.65. The molecule has 0 aromatic carbocycles. The first-order chi connectivity index (χ1) is 4.74. The van der Waals surface area contributed by atoms with Gasteiger partial charge in [0.25, 0.3) is 0 Å². The van der Waals surface area contributed by atoms with Crippen LogP contribution in [0, 0.1) is 5.92 Å². The van der Waals surface area contributed by atoms with Crippen molar-refractivity contribution in [2.24, 2.45) is 17.4 Å². The van der Waals surface area contributed by atoms with Crippen molar-refractivity contribution in [2.45, 2.75) is 12.5 Å². The summed E-state index contributed by atoms with van der Waals surface area (Å²) in [5.41, 5.74) is 11.2. The summed E-state index contributed by atoms with van der Waals surface area (Å²) in [6.07, 6.45) is 1.22. The Labute approximate surface area is 62.4 Å². The third-order valence-corrected chi connectivity index (χ3v) is 2.31. The van der Waals surface area contributed by atoms with E-state index in [1.165, 1.54) is 13.0 Å². The van der Waals surface area contributed by atoms with Crippen LogP contribution in [-0.2, 0) is 0 Å². The molecule has 0 aliphatic carbocycles. The van der Waals surface area contributed by atoms with Gasteiger partial charge in [-0.25, -0.2) is 0 Å². The van der Waals surface area contributed by atoms with Crippen molar-refractivity contribution in [3.8, 4) is 0 Å². The molecule has 2 unspecified atom stereocenters. The second-order valence-electron chi connectivity index (χ2n) is 3.21. The summed E-state index contributed by atoms with van der Waals surface area (Å²) >= 11 is 0. The smallest absolute Gasteiger partial charge is 0.0204 e. The average Bonchev–Trinajstić information content (AvgIpc) is 2.34. The summed E-state index contributed by atoms with van der Waals surface area (Å²) in [6.45, 7) is 2.93. The van der Waals surface area contributed by atoms with E-state index in [0.29, 0.717) is 12.5 Å². The maximum Gasteiger partial charge on any atom is 0.0204 e.